The minimum atomic E-state index is -4.47. The Bertz CT molecular complexity index is 116. The lowest BCUT2D eigenvalue weighted by Crippen LogP contribution is -2.07. The Morgan fingerprint density at radius 2 is 2.22 bits per heavy atom. The van der Waals surface area contributed by atoms with Crippen LogP contribution in [0.4, 0.5) is 0 Å². The number of hydrogen-bond donors (Lipinski definition) is 1. The van der Waals surface area contributed by atoms with E-state index in [-0.39, 0.29) is 12.5 Å². The van der Waals surface area contributed by atoms with E-state index in [2.05, 4.69) is 4.52 Å². The van der Waals surface area contributed by atoms with Gasteiger partial charge in [-0.25, -0.2) is 0 Å². The molecule has 0 fully saturated rings. The van der Waals surface area contributed by atoms with Crippen LogP contribution in [-0.4, -0.2) is 11.5 Å². The van der Waals surface area contributed by atoms with Crippen LogP contribution in [0.15, 0.2) is 0 Å². The fraction of sp³-hybridized carbons (Fsp3) is 1.00. The third kappa shape index (κ3) is 8.11. The zero-order chi connectivity index (χ0) is 7.49. The fourth-order valence-corrected chi connectivity index (χ4v) is 0.730. The Labute approximate surface area is 54.1 Å². The topological polar surface area (TPSA) is 69.6 Å². The summed E-state index contributed by atoms with van der Waals surface area (Å²) in [4.78, 5) is 17.9. The van der Waals surface area contributed by atoms with Gasteiger partial charge in [0.15, 0.2) is 0 Å². The molecule has 0 aromatic rings. The van der Waals surface area contributed by atoms with Crippen LogP contribution in [0.3, 0.4) is 0 Å². The minimum absolute atomic E-state index is 0.0390. The average Bonchev–Trinajstić information content (AvgIpc) is 1.59. The highest BCUT2D eigenvalue weighted by molar-refractivity contribution is 7.44. The van der Waals surface area contributed by atoms with E-state index in [1.54, 1.807) is 13.8 Å². The number of rotatable bonds is 3. The van der Waals surface area contributed by atoms with Gasteiger partial charge >= 0.3 is 0 Å². The fourth-order valence-electron chi connectivity index (χ4n) is 0.243. The second kappa shape index (κ2) is 3.32. The summed E-state index contributed by atoms with van der Waals surface area (Å²) in [6.45, 7) is 3.61. The smallest absolute Gasteiger partial charge is 0.265 e. The van der Waals surface area contributed by atoms with Crippen LogP contribution in [0.25, 0.3) is 0 Å². The number of phosphoric acid groups is 1. The molecule has 0 heterocycles. The first-order chi connectivity index (χ1) is 3.92. The number of hydrogen-bond acceptors (Lipinski definition) is 3. The predicted molar refractivity (Wildman–Crippen MR) is 30.6 cm³/mol. The van der Waals surface area contributed by atoms with Crippen molar-refractivity contribution in [3.05, 3.63) is 0 Å². The molecule has 9 heavy (non-hydrogen) atoms. The van der Waals surface area contributed by atoms with E-state index in [9.17, 15) is 9.46 Å². The first-order valence-corrected chi connectivity index (χ1v) is 4.09. The Hall–Kier alpha value is 0.110. The normalized spacial score (nSPS) is 17.9. The lowest BCUT2D eigenvalue weighted by molar-refractivity contribution is -0.220. The van der Waals surface area contributed by atoms with Gasteiger partial charge in [0.05, 0.1) is 6.61 Å². The van der Waals surface area contributed by atoms with Crippen LogP contribution in [0.5, 0.6) is 0 Å². The summed E-state index contributed by atoms with van der Waals surface area (Å²) in [5, 5.41) is 0. The van der Waals surface area contributed by atoms with Crippen LogP contribution in [0.2, 0.25) is 0 Å². The van der Waals surface area contributed by atoms with Crippen molar-refractivity contribution < 1.29 is 18.9 Å². The van der Waals surface area contributed by atoms with Crippen molar-refractivity contribution in [3.63, 3.8) is 0 Å². The van der Waals surface area contributed by atoms with Crippen molar-refractivity contribution in [2.24, 2.45) is 5.92 Å². The summed E-state index contributed by atoms with van der Waals surface area (Å²) < 4.78 is 13.9. The molecule has 0 bridgehead atoms. The Balaban J connectivity index is 3.40. The summed E-state index contributed by atoms with van der Waals surface area (Å²) in [6.07, 6.45) is 0. The summed E-state index contributed by atoms with van der Waals surface area (Å²) in [5.74, 6) is 0.111. The van der Waals surface area contributed by atoms with E-state index in [0.29, 0.717) is 0 Å². The van der Waals surface area contributed by atoms with E-state index in [4.69, 9.17) is 4.89 Å². The maximum Gasteiger partial charge on any atom is 0.265 e. The largest absolute Gasteiger partial charge is 0.756 e. The molecule has 0 saturated carbocycles. The van der Waals surface area contributed by atoms with Gasteiger partial charge in [-0.05, 0) is 5.92 Å². The van der Waals surface area contributed by atoms with Crippen molar-refractivity contribution in [2.45, 2.75) is 13.8 Å². The maximum absolute atomic E-state index is 9.90. The number of phosphoric ester groups is 1. The summed E-state index contributed by atoms with van der Waals surface area (Å²) in [5.41, 5.74) is 0. The predicted octanol–water partition coefficient (Wildman–Crippen LogP) is 0.120. The van der Waals surface area contributed by atoms with Gasteiger partial charge in [0.25, 0.3) is 7.82 Å². The quantitative estimate of drug-likeness (QED) is 0.584. The van der Waals surface area contributed by atoms with Crippen LogP contribution in [-0.2, 0) is 9.09 Å². The first-order valence-electron chi connectivity index (χ1n) is 2.60. The molecule has 1 atom stereocenters. The van der Waals surface area contributed by atoms with Gasteiger partial charge in [-0.2, -0.15) is 0 Å². The molecule has 0 spiro atoms. The summed E-state index contributed by atoms with van der Waals surface area (Å²) in [7, 11) is -4.47. The van der Waals surface area contributed by atoms with Crippen molar-refractivity contribution in [1.82, 2.24) is 0 Å². The molecule has 4 nitrogen and oxygen atoms in total. The average molecular weight is 153 g/mol. The highest BCUT2D eigenvalue weighted by Crippen LogP contribution is 2.30. The highest BCUT2D eigenvalue weighted by atomic mass is 31.2. The molecule has 0 aliphatic carbocycles. The molecular weight excluding hydrogens is 143 g/mol. The molecule has 0 amide bonds. The standard InChI is InChI=1S/C4H11O4P/c1-4(2)3-8-9(5,6)7/h4H,3H2,1-2H3,(H2,5,6,7)/p-1. The summed E-state index contributed by atoms with van der Waals surface area (Å²) in [6, 6.07) is 0. The Kier molecular flexibility index (Phi) is 3.36. The van der Waals surface area contributed by atoms with Crippen molar-refractivity contribution in [3.8, 4) is 0 Å². The zero-order valence-corrected chi connectivity index (χ0v) is 6.30. The van der Waals surface area contributed by atoms with Crippen LogP contribution >= 0.6 is 7.82 Å². The van der Waals surface area contributed by atoms with Crippen LogP contribution in [0, 0.1) is 5.92 Å². The van der Waals surface area contributed by atoms with Gasteiger partial charge in [-0.15, -0.1) is 0 Å². The van der Waals surface area contributed by atoms with Gasteiger partial charge in [0, 0.05) is 0 Å². The van der Waals surface area contributed by atoms with Crippen molar-refractivity contribution in [1.29, 1.82) is 0 Å². The van der Waals surface area contributed by atoms with Crippen molar-refractivity contribution in [2.75, 3.05) is 6.61 Å². The first kappa shape index (κ1) is 9.11. The van der Waals surface area contributed by atoms with E-state index >= 15 is 0 Å². The Morgan fingerprint density at radius 3 is 2.33 bits per heavy atom. The monoisotopic (exact) mass is 153 g/mol. The van der Waals surface area contributed by atoms with Gasteiger partial charge in [0.1, 0.15) is 0 Å². The minimum Gasteiger partial charge on any atom is -0.756 e. The second-order valence-corrected chi connectivity index (χ2v) is 3.35. The molecule has 1 unspecified atom stereocenters. The molecule has 0 rings (SSSR count). The maximum atomic E-state index is 9.90. The van der Waals surface area contributed by atoms with E-state index in [1.165, 1.54) is 0 Å². The second-order valence-electron chi connectivity index (χ2n) is 2.16. The van der Waals surface area contributed by atoms with Gasteiger partial charge in [-0.3, -0.25) is 4.57 Å². The van der Waals surface area contributed by atoms with E-state index in [1.807, 2.05) is 0 Å². The van der Waals surface area contributed by atoms with E-state index in [0.717, 1.165) is 0 Å². The van der Waals surface area contributed by atoms with Gasteiger partial charge in [0.2, 0.25) is 0 Å². The van der Waals surface area contributed by atoms with Crippen molar-refractivity contribution >= 4 is 7.82 Å². The zero-order valence-electron chi connectivity index (χ0n) is 5.40. The molecule has 0 aliphatic rings. The summed E-state index contributed by atoms with van der Waals surface area (Å²) >= 11 is 0. The lowest BCUT2D eigenvalue weighted by atomic mass is 10.2. The highest BCUT2D eigenvalue weighted by Gasteiger charge is 2.02. The Morgan fingerprint density at radius 1 is 1.78 bits per heavy atom. The molecule has 5 heteroatoms. The molecule has 0 aliphatic heterocycles. The molecule has 0 radical (unpaired) electrons. The molecule has 0 aromatic heterocycles. The van der Waals surface area contributed by atoms with Gasteiger partial charge in [-0.1, -0.05) is 13.8 Å². The lowest BCUT2D eigenvalue weighted by Gasteiger charge is -2.16. The molecule has 0 aromatic carbocycles. The third-order valence-electron chi connectivity index (χ3n) is 0.571. The molecule has 56 valence electrons. The SMILES string of the molecule is CC(C)COP(=O)([O-])O. The third-order valence-corrected chi connectivity index (χ3v) is 1.05. The molecule has 1 N–H and O–H groups in total. The molecule has 0 saturated heterocycles. The van der Waals surface area contributed by atoms with Gasteiger partial charge < -0.3 is 14.3 Å². The van der Waals surface area contributed by atoms with Crippen LogP contribution in [0.1, 0.15) is 13.8 Å². The van der Waals surface area contributed by atoms with E-state index < -0.39 is 7.82 Å². The van der Waals surface area contributed by atoms with Crippen LogP contribution < -0.4 is 4.89 Å². The molecular formula is C4H10O4P-.